The maximum atomic E-state index is 5.80. The van der Waals surface area contributed by atoms with E-state index in [4.69, 9.17) is 22.1 Å². The molecule has 15 heavy (non-hydrogen) atoms. The van der Waals surface area contributed by atoms with Crippen LogP contribution in [0.1, 0.15) is 12.0 Å². The minimum Gasteiger partial charge on any atom is -0.472 e. The summed E-state index contributed by atoms with van der Waals surface area (Å²) >= 11 is 5.80. The van der Waals surface area contributed by atoms with Crippen LogP contribution in [0.5, 0.6) is 0 Å². The molecule has 3 nitrogen and oxygen atoms in total. The summed E-state index contributed by atoms with van der Waals surface area (Å²) in [6.07, 6.45) is 0.987. The molecule has 0 saturated heterocycles. The Kier molecular flexibility index (Phi) is 3.23. The van der Waals surface area contributed by atoms with Gasteiger partial charge in [0.1, 0.15) is 6.10 Å². The maximum Gasteiger partial charge on any atom is 0.216 e. The van der Waals surface area contributed by atoms with Gasteiger partial charge in [-0.1, -0.05) is 11.6 Å². The van der Waals surface area contributed by atoms with Crippen LogP contribution in [0.3, 0.4) is 0 Å². The van der Waals surface area contributed by atoms with Crippen molar-refractivity contribution in [2.45, 2.75) is 12.5 Å². The van der Waals surface area contributed by atoms with E-state index in [1.165, 1.54) is 0 Å². The van der Waals surface area contributed by atoms with Gasteiger partial charge in [-0.2, -0.15) is 0 Å². The Morgan fingerprint density at radius 3 is 2.80 bits per heavy atom. The fourth-order valence-corrected chi connectivity index (χ4v) is 1.63. The van der Waals surface area contributed by atoms with E-state index in [9.17, 15) is 0 Å². The highest BCUT2D eigenvalue weighted by atomic mass is 35.5. The van der Waals surface area contributed by atoms with Gasteiger partial charge in [0.25, 0.3) is 0 Å². The van der Waals surface area contributed by atoms with E-state index in [1.807, 2.05) is 24.3 Å². The normalized spacial score (nSPS) is 19.9. The number of hydrogen-bond acceptors (Lipinski definition) is 3. The zero-order chi connectivity index (χ0) is 10.7. The molecule has 1 atom stereocenters. The fraction of sp³-hybridized carbons (Fsp3) is 0.364. The summed E-state index contributed by atoms with van der Waals surface area (Å²) in [5.41, 5.74) is 6.44. The molecule has 1 aliphatic heterocycles. The molecule has 2 rings (SSSR count). The van der Waals surface area contributed by atoms with Crippen molar-refractivity contribution >= 4 is 17.5 Å². The molecule has 1 aromatic carbocycles. The van der Waals surface area contributed by atoms with E-state index in [0.717, 1.165) is 17.0 Å². The number of aliphatic imine (C=N–C) groups is 1. The lowest BCUT2D eigenvalue weighted by Gasteiger charge is -2.09. The van der Waals surface area contributed by atoms with Crippen LogP contribution in [0.15, 0.2) is 29.3 Å². The van der Waals surface area contributed by atoms with E-state index in [0.29, 0.717) is 19.0 Å². The third-order valence-electron chi connectivity index (χ3n) is 2.30. The summed E-state index contributed by atoms with van der Waals surface area (Å²) in [4.78, 5) is 4.33. The predicted octanol–water partition coefficient (Wildman–Crippen LogP) is 1.83. The quantitative estimate of drug-likeness (QED) is 0.852. The summed E-state index contributed by atoms with van der Waals surface area (Å²) in [6, 6.07) is 7.48. The predicted molar refractivity (Wildman–Crippen MR) is 61.4 cm³/mol. The number of rotatable bonds is 3. The van der Waals surface area contributed by atoms with Gasteiger partial charge < -0.3 is 10.5 Å². The largest absolute Gasteiger partial charge is 0.472 e. The Hall–Kier alpha value is -1.06. The second-order valence-corrected chi connectivity index (χ2v) is 3.91. The molecule has 80 valence electrons. The van der Waals surface area contributed by atoms with Crippen molar-refractivity contribution in [3.63, 3.8) is 0 Å². The van der Waals surface area contributed by atoms with Crippen LogP contribution in [-0.4, -0.2) is 25.1 Å². The number of ether oxygens (including phenoxy) is 1. The van der Waals surface area contributed by atoms with Gasteiger partial charge >= 0.3 is 0 Å². The van der Waals surface area contributed by atoms with E-state index >= 15 is 0 Å². The first-order valence-electron chi connectivity index (χ1n) is 4.96. The van der Waals surface area contributed by atoms with E-state index in [-0.39, 0.29) is 6.10 Å². The second kappa shape index (κ2) is 4.64. The average molecular weight is 225 g/mol. The molecule has 4 heteroatoms. The average Bonchev–Trinajstić information content (AvgIpc) is 2.68. The molecule has 0 fully saturated rings. The Morgan fingerprint density at radius 2 is 2.13 bits per heavy atom. The molecule has 0 aromatic heterocycles. The fourth-order valence-electron chi connectivity index (χ4n) is 1.51. The van der Waals surface area contributed by atoms with Crippen LogP contribution in [0.4, 0.5) is 0 Å². The van der Waals surface area contributed by atoms with Gasteiger partial charge in [0.2, 0.25) is 5.90 Å². The van der Waals surface area contributed by atoms with E-state index in [2.05, 4.69) is 4.99 Å². The van der Waals surface area contributed by atoms with Crippen LogP contribution in [0, 0.1) is 0 Å². The smallest absolute Gasteiger partial charge is 0.216 e. The standard InChI is InChI=1S/C11H13ClN2O/c12-9-3-1-8(2-4-9)11-14-7-10(15-11)5-6-13/h1-4,10H,5-7,13H2. The van der Waals surface area contributed by atoms with Crippen LogP contribution < -0.4 is 5.73 Å². The molecule has 1 aromatic rings. The number of benzene rings is 1. The van der Waals surface area contributed by atoms with Crippen molar-refractivity contribution in [1.82, 2.24) is 0 Å². The van der Waals surface area contributed by atoms with Crippen molar-refractivity contribution in [3.05, 3.63) is 34.9 Å². The highest BCUT2D eigenvalue weighted by Gasteiger charge is 2.19. The minimum atomic E-state index is 0.140. The Bertz CT molecular complexity index is 361. The number of nitrogens with two attached hydrogens (primary N) is 1. The molecule has 1 heterocycles. The van der Waals surface area contributed by atoms with Gasteiger partial charge in [-0.15, -0.1) is 0 Å². The molecule has 0 amide bonds. The van der Waals surface area contributed by atoms with Crippen LogP contribution >= 0.6 is 11.6 Å². The summed E-state index contributed by atoms with van der Waals surface area (Å²) in [5.74, 6) is 0.699. The molecule has 0 bridgehead atoms. The summed E-state index contributed by atoms with van der Waals surface area (Å²) in [7, 11) is 0. The minimum absolute atomic E-state index is 0.140. The first-order valence-corrected chi connectivity index (χ1v) is 5.34. The molecule has 0 aliphatic carbocycles. The SMILES string of the molecule is NCCC1CN=C(c2ccc(Cl)cc2)O1. The second-order valence-electron chi connectivity index (χ2n) is 3.47. The van der Waals surface area contributed by atoms with Gasteiger partial charge in [-0.05, 0) is 37.2 Å². The molecule has 2 N–H and O–H groups in total. The van der Waals surface area contributed by atoms with Gasteiger partial charge in [-0.25, -0.2) is 4.99 Å². The van der Waals surface area contributed by atoms with Gasteiger partial charge in [-0.3, -0.25) is 0 Å². The Balaban J connectivity index is 2.04. The lowest BCUT2D eigenvalue weighted by Crippen LogP contribution is -2.18. The zero-order valence-corrected chi connectivity index (χ0v) is 9.07. The number of nitrogens with zero attached hydrogens (tertiary/aromatic N) is 1. The van der Waals surface area contributed by atoms with Gasteiger partial charge in [0, 0.05) is 10.6 Å². The van der Waals surface area contributed by atoms with Gasteiger partial charge in [0.05, 0.1) is 6.54 Å². The summed E-state index contributed by atoms with van der Waals surface area (Å²) in [6.45, 7) is 1.34. The summed E-state index contributed by atoms with van der Waals surface area (Å²) in [5, 5.41) is 0.718. The zero-order valence-electron chi connectivity index (χ0n) is 8.32. The molecular formula is C11H13ClN2O. The molecule has 0 spiro atoms. The Morgan fingerprint density at radius 1 is 1.40 bits per heavy atom. The number of halogens is 1. The third-order valence-corrected chi connectivity index (χ3v) is 2.55. The molecular weight excluding hydrogens is 212 g/mol. The topological polar surface area (TPSA) is 47.6 Å². The first-order chi connectivity index (χ1) is 7.29. The van der Waals surface area contributed by atoms with E-state index in [1.54, 1.807) is 0 Å². The lowest BCUT2D eigenvalue weighted by molar-refractivity contribution is 0.216. The Labute approximate surface area is 93.9 Å². The number of hydrogen-bond donors (Lipinski definition) is 1. The van der Waals surface area contributed by atoms with Crippen molar-refractivity contribution < 1.29 is 4.74 Å². The molecule has 0 saturated carbocycles. The third kappa shape index (κ3) is 2.49. The highest BCUT2D eigenvalue weighted by Crippen LogP contribution is 2.16. The lowest BCUT2D eigenvalue weighted by atomic mass is 10.2. The van der Waals surface area contributed by atoms with Crippen molar-refractivity contribution in [2.24, 2.45) is 10.7 Å². The van der Waals surface area contributed by atoms with Crippen LogP contribution in [0.25, 0.3) is 0 Å². The monoisotopic (exact) mass is 224 g/mol. The van der Waals surface area contributed by atoms with Crippen LogP contribution in [-0.2, 0) is 4.74 Å². The van der Waals surface area contributed by atoms with Crippen molar-refractivity contribution in [2.75, 3.05) is 13.1 Å². The van der Waals surface area contributed by atoms with Crippen molar-refractivity contribution in [3.8, 4) is 0 Å². The van der Waals surface area contributed by atoms with Crippen LogP contribution in [0.2, 0.25) is 5.02 Å². The molecule has 0 radical (unpaired) electrons. The van der Waals surface area contributed by atoms with Crippen molar-refractivity contribution in [1.29, 1.82) is 0 Å². The summed E-state index contributed by atoms with van der Waals surface area (Å²) < 4.78 is 5.65. The highest BCUT2D eigenvalue weighted by molar-refractivity contribution is 6.30. The van der Waals surface area contributed by atoms with Gasteiger partial charge in [0.15, 0.2) is 0 Å². The molecule has 1 unspecified atom stereocenters. The van der Waals surface area contributed by atoms with E-state index < -0.39 is 0 Å². The molecule has 1 aliphatic rings. The first kappa shape index (κ1) is 10.5. The maximum absolute atomic E-state index is 5.80.